The third-order valence-corrected chi connectivity index (χ3v) is 13.3. The minimum Gasteiger partial charge on any atom is -0.458 e. The van der Waals surface area contributed by atoms with E-state index in [-0.39, 0.29) is 27.9 Å². The Morgan fingerprint density at radius 1 is 0.444 bits per heavy atom. The van der Waals surface area contributed by atoms with Gasteiger partial charge in [-0.3, -0.25) is 13.7 Å². The van der Waals surface area contributed by atoms with E-state index in [0.29, 0.717) is 34.0 Å². The smallest absolute Gasteiger partial charge is 0.269 e. The fraction of sp³-hybridized carbons (Fsp3) is 0. The molecule has 13 aromatic rings. The molecule has 0 radical (unpaired) electrons. The number of hydrogen-bond acceptors (Lipinski definition) is 3. The largest absolute Gasteiger partial charge is 0.458 e. The van der Waals surface area contributed by atoms with Gasteiger partial charge in [0, 0.05) is 40.2 Å². The summed E-state index contributed by atoms with van der Waals surface area (Å²) in [6.07, 6.45) is 5.32. The summed E-state index contributed by atoms with van der Waals surface area (Å²) in [4.78, 5) is 7.36. The number of ether oxygens (including phenoxy) is 1. The maximum absolute atomic E-state index is 9.08. The molecule has 72 heavy (non-hydrogen) atoms. The first-order valence-electron chi connectivity index (χ1n) is 28.5. The van der Waals surface area contributed by atoms with Crippen LogP contribution in [0.15, 0.2) is 261 Å². The van der Waals surface area contributed by atoms with Crippen molar-refractivity contribution in [3.63, 3.8) is 0 Å². The lowest BCUT2D eigenvalue weighted by Gasteiger charge is -2.27. The molecule has 10 aromatic carbocycles. The molecule has 0 unspecified atom stereocenters. The summed E-state index contributed by atoms with van der Waals surface area (Å²) >= 11 is 0. The van der Waals surface area contributed by atoms with Crippen LogP contribution in [0.3, 0.4) is 0 Å². The summed E-state index contributed by atoms with van der Waals surface area (Å²) in [5, 5.41) is 2.06. The second-order valence-electron chi connectivity index (χ2n) is 17.4. The highest BCUT2D eigenvalue weighted by molar-refractivity contribution is 6.10. The first kappa shape index (κ1) is 32.1. The molecule has 4 heterocycles. The van der Waals surface area contributed by atoms with Crippen LogP contribution >= 0.6 is 0 Å². The molecule has 6 nitrogen and oxygen atoms in total. The second kappa shape index (κ2) is 17.0. The zero-order chi connectivity index (χ0) is 56.2. The molecule has 14 rings (SSSR count). The zero-order valence-corrected chi connectivity index (χ0v) is 38.2. The topological polar surface area (TPSA) is 39.1 Å². The van der Waals surface area contributed by atoms with Crippen molar-refractivity contribution in [2.75, 3.05) is 4.90 Å². The van der Waals surface area contributed by atoms with Crippen LogP contribution in [0.25, 0.3) is 94.5 Å². The fourth-order valence-corrected chi connectivity index (χ4v) is 10.3. The van der Waals surface area contributed by atoms with Gasteiger partial charge in [-0.05, 0) is 88.0 Å². The predicted octanol–water partition coefficient (Wildman–Crippen LogP) is 16.4. The molecule has 3 aromatic heterocycles. The molecule has 0 spiro atoms. The highest BCUT2D eigenvalue weighted by Crippen LogP contribution is 2.51. The van der Waals surface area contributed by atoms with Crippen LogP contribution in [-0.4, -0.2) is 14.1 Å². The molecule has 6 heteroatoms. The van der Waals surface area contributed by atoms with E-state index in [1.807, 2.05) is 85.1 Å². The first-order chi connectivity index (χ1) is 39.9. The molecule has 0 saturated carbocycles. The number of anilines is 3. The molecule has 0 aliphatic carbocycles. The summed E-state index contributed by atoms with van der Waals surface area (Å²) < 4.78 is 100.0. The molecule has 0 saturated heterocycles. The summed E-state index contributed by atoms with van der Waals surface area (Å²) in [6.45, 7) is 0. The van der Waals surface area contributed by atoms with Crippen LogP contribution < -0.4 is 14.2 Å². The summed E-state index contributed by atoms with van der Waals surface area (Å²) in [5.41, 5.74) is 11.5. The third kappa shape index (κ3) is 6.80. The minimum atomic E-state index is -0.571. The van der Waals surface area contributed by atoms with E-state index < -0.39 is 60.4 Å². The van der Waals surface area contributed by atoms with Crippen molar-refractivity contribution >= 4 is 49.9 Å². The molecule has 0 amide bonds. The second-order valence-corrected chi connectivity index (χ2v) is 17.4. The Kier molecular flexibility index (Phi) is 7.59. The first-order valence-corrected chi connectivity index (χ1v) is 23.5. The Morgan fingerprint density at radius 3 is 1.72 bits per heavy atom. The zero-order valence-electron chi connectivity index (χ0n) is 48.2. The van der Waals surface area contributed by atoms with E-state index in [0.717, 1.165) is 61.1 Å². The number of pyridine rings is 1. The van der Waals surface area contributed by atoms with Gasteiger partial charge in [-0.25, -0.2) is 4.98 Å². The summed E-state index contributed by atoms with van der Waals surface area (Å²) in [6, 6.07) is 58.4. The van der Waals surface area contributed by atoms with Gasteiger partial charge in [0.05, 0.1) is 64.2 Å². The standard InChI is InChI=1S/C66H43N5O/c1-3-19-45(20-4-1)51-30-18-31-52(46-21-5-2-6-22-46)66(51)69-44-68(62-35-15-16-36-63(62)69)47-23-17-24-49(41-47)72-50-37-38-58-57-29-11-14-34-61(57)71(64(58)43-50)65-42-48(39-40-67-65)70-59-32-12-9-27-55(59)53-25-7-8-26-54(53)56-28-10-13-33-60(56)70/h1-43H/i1D,2D,3D,4D,5D,6D,19D,20D,21D,22D. The number of para-hydroxylation sites is 6. The number of rotatable bonds is 8. The molecule has 1 aliphatic rings. The highest BCUT2D eigenvalue weighted by Gasteiger charge is 2.27. The average Bonchev–Trinajstić information content (AvgIpc) is 4.01. The molecule has 0 fully saturated rings. The van der Waals surface area contributed by atoms with Crippen molar-refractivity contribution in [2.45, 2.75) is 0 Å². The van der Waals surface area contributed by atoms with Crippen molar-refractivity contribution < 1.29 is 23.0 Å². The summed E-state index contributed by atoms with van der Waals surface area (Å²) in [5.74, 6) is 1.77. The van der Waals surface area contributed by atoms with Gasteiger partial charge in [-0.2, -0.15) is 0 Å². The number of aromatic nitrogens is 4. The monoisotopic (exact) mass is 931 g/mol. The molecule has 0 atom stereocenters. The SMILES string of the molecule is [2H]c1c([2H])c([2H])c(-c2cccc(-c3c([2H])c([2H])c([2H])c([2H])c3[2H])c2-[n+]2[c-]n(-c3cccc(Oc4ccc5c6ccccc6n(-c6cc(N7c8ccccc8-c8ccccc8-c8ccccc87)ccn6)c5c4)c3)c3ccccc32)c([2H])c1[2H]. The van der Waals surface area contributed by atoms with E-state index in [4.69, 9.17) is 23.4 Å². The van der Waals surface area contributed by atoms with Gasteiger partial charge in [-0.1, -0.05) is 188 Å². The lowest BCUT2D eigenvalue weighted by Crippen LogP contribution is -2.31. The minimum absolute atomic E-state index is 0.136. The van der Waals surface area contributed by atoms with E-state index >= 15 is 0 Å². The Balaban J connectivity index is 0.892. The predicted molar refractivity (Wildman–Crippen MR) is 292 cm³/mol. The Bertz CT molecular complexity index is 4630. The van der Waals surface area contributed by atoms with Gasteiger partial charge in [0.1, 0.15) is 17.3 Å². The number of imidazole rings is 1. The van der Waals surface area contributed by atoms with Gasteiger partial charge in [0.25, 0.3) is 6.33 Å². The Morgan fingerprint density at radius 2 is 1.01 bits per heavy atom. The van der Waals surface area contributed by atoms with E-state index in [9.17, 15) is 0 Å². The summed E-state index contributed by atoms with van der Waals surface area (Å²) in [7, 11) is 0. The quantitative estimate of drug-likeness (QED) is 0.113. The normalized spacial score (nSPS) is 13.8. The van der Waals surface area contributed by atoms with E-state index in [1.54, 1.807) is 27.3 Å². The van der Waals surface area contributed by atoms with E-state index in [2.05, 4.69) is 113 Å². The maximum Gasteiger partial charge on any atom is 0.269 e. The molecule has 1 aliphatic heterocycles. The molecule has 0 bridgehead atoms. The third-order valence-electron chi connectivity index (χ3n) is 13.3. The molecular formula is C66H43N5O. The Hall–Kier alpha value is -9.78. The van der Waals surface area contributed by atoms with Crippen LogP contribution in [0.1, 0.15) is 13.7 Å². The van der Waals surface area contributed by atoms with E-state index in [1.165, 1.54) is 0 Å². The van der Waals surface area contributed by atoms with Crippen LogP contribution in [0.5, 0.6) is 11.5 Å². The van der Waals surface area contributed by atoms with Crippen molar-refractivity contribution in [3.8, 4) is 73.2 Å². The maximum atomic E-state index is 9.08. The van der Waals surface area contributed by atoms with Gasteiger partial charge in [-0.15, -0.1) is 0 Å². The van der Waals surface area contributed by atoms with Crippen LogP contribution in [0, 0.1) is 6.33 Å². The molecule has 0 N–H and O–H groups in total. The highest BCUT2D eigenvalue weighted by atomic mass is 16.5. The van der Waals surface area contributed by atoms with Gasteiger partial charge >= 0.3 is 0 Å². The van der Waals surface area contributed by atoms with Gasteiger partial charge < -0.3 is 9.64 Å². The van der Waals surface area contributed by atoms with Gasteiger partial charge in [0.2, 0.25) is 0 Å². The van der Waals surface area contributed by atoms with Crippen molar-refractivity contribution in [3.05, 3.63) is 267 Å². The lowest BCUT2D eigenvalue weighted by molar-refractivity contribution is -0.571. The van der Waals surface area contributed by atoms with Gasteiger partial charge in [0.15, 0.2) is 0 Å². The lowest BCUT2D eigenvalue weighted by atomic mass is 9.95. The van der Waals surface area contributed by atoms with Crippen LogP contribution in [-0.2, 0) is 0 Å². The number of benzene rings is 10. The van der Waals surface area contributed by atoms with Crippen LogP contribution in [0.4, 0.5) is 17.1 Å². The van der Waals surface area contributed by atoms with Crippen LogP contribution in [0.2, 0.25) is 0 Å². The number of nitrogens with zero attached hydrogens (tertiary/aromatic N) is 5. The van der Waals surface area contributed by atoms with Crippen molar-refractivity contribution in [2.24, 2.45) is 0 Å². The number of hydrogen-bond donors (Lipinski definition) is 0. The Labute approximate surface area is 430 Å². The fourth-order valence-electron chi connectivity index (χ4n) is 10.3. The van der Waals surface area contributed by atoms with Crippen molar-refractivity contribution in [1.29, 1.82) is 0 Å². The van der Waals surface area contributed by atoms with Crippen molar-refractivity contribution in [1.82, 2.24) is 14.1 Å². The average molecular weight is 932 g/mol. The molecular weight excluding hydrogens is 879 g/mol. The molecule has 338 valence electrons. The number of fused-ring (bicyclic) bond motifs is 9.